The Balaban J connectivity index is 2.45. The largest absolute Gasteiger partial charge is 0.316 e. The highest BCUT2D eigenvalue weighted by molar-refractivity contribution is 6.69. The van der Waals surface area contributed by atoms with Crippen molar-refractivity contribution >= 4 is 23.8 Å². The van der Waals surface area contributed by atoms with E-state index in [0.29, 0.717) is 5.84 Å². The van der Waals surface area contributed by atoms with Crippen molar-refractivity contribution < 1.29 is 4.79 Å². The first-order valence-corrected chi connectivity index (χ1v) is 3.02. The van der Waals surface area contributed by atoms with Crippen LogP contribution in [-0.2, 0) is 4.79 Å². The Morgan fingerprint density at radius 1 is 1.64 bits per heavy atom. The smallest absolute Gasteiger partial charge is 0.276 e. The number of rotatable bonds is 0. The van der Waals surface area contributed by atoms with E-state index in [1.54, 1.807) is 0 Å². The zero-order valence-electron chi connectivity index (χ0n) is 5.48. The van der Waals surface area contributed by atoms with E-state index in [1.165, 1.54) is 6.34 Å². The van der Waals surface area contributed by atoms with Gasteiger partial charge in [0.2, 0.25) is 0 Å². The van der Waals surface area contributed by atoms with Gasteiger partial charge in [0.05, 0.1) is 0 Å². The van der Waals surface area contributed by atoms with Crippen LogP contribution in [0.2, 0.25) is 0 Å². The van der Waals surface area contributed by atoms with Crippen molar-refractivity contribution in [3.8, 4) is 0 Å². The third kappa shape index (κ3) is 0.838. The SMILES string of the molecule is N[C@@H]1N=C2N=CN=C2C(=O)N1. The Kier molecular flexibility index (Phi) is 1.10. The summed E-state index contributed by atoms with van der Waals surface area (Å²) in [6, 6.07) is 0. The number of fused-ring (bicyclic) bond motifs is 1. The van der Waals surface area contributed by atoms with Crippen molar-refractivity contribution in [2.75, 3.05) is 0 Å². The van der Waals surface area contributed by atoms with Gasteiger partial charge in [-0.25, -0.2) is 15.0 Å². The Morgan fingerprint density at radius 2 is 2.45 bits per heavy atom. The minimum Gasteiger partial charge on any atom is -0.316 e. The third-order valence-electron chi connectivity index (χ3n) is 1.33. The second-order valence-corrected chi connectivity index (χ2v) is 2.09. The van der Waals surface area contributed by atoms with E-state index < -0.39 is 6.29 Å². The molecule has 11 heavy (non-hydrogen) atoms. The molecule has 2 aliphatic heterocycles. The third-order valence-corrected chi connectivity index (χ3v) is 1.33. The van der Waals surface area contributed by atoms with Crippen molar-refractivity contribution in [3.63, 3.8) is 0 Å². The summed E-state index contributed by atoms with van der Waals surface area (Å²) in [6.07, 6.45) is 0.595. The zero-order chi connectivity index (χ0) is 7.84. The van der Waals surface area contributed by atoms with Crippen LogP contribution in [-0.4, -0.2) is 30.1 Å². The van der Waals surface area contributed by atoms with E-state index in [4.69, 9.17) is 5.73 Å². The Hall–Kier alpha value is -1.56. The fourth-order valence-corrected chi connectivity index (χ4v) is 0.882. The summed E-state index contributed by atoms with van der Waals surface area (Å²) in [5, 5.41) is 2.39. The molecule has 0 bridgehead atoms. The predicted molar refractivity (Wildman–Crippen MR) is 39.5 cm³/mol. The highest BCUT2D eigenvalue weighted by atomic mass is 16.2. The van der Waals surface area contributed by atoms with Gasteiger partial charge < -0.3 is 5.32 Å². The molecule has 0 aromatic heterocycles. The average Bonchev–Trinajstić information content (AvgIpc) is 2.34. The maximum Gasteiger partial charge on any atom is 0.276 e. The maximum absolute atomic E-state index is 11.0. The quantitative estimate of drug-likeness (QED) is 0.429. The Bertz CT molecular complexity index is 302. The van der Waals surface area contributed by atoms with Crippen LogP contribution in [0.1, 0.15) is 0 Å². The number of carbonyl (C=O) groups is 1. The first-order valence-electron chi connectivity index (χ1n) is 3.02. The molecule has 0 aliphatic carbocycles. The second kappa shape index (κ2) is 1.96. The molecule has 2 heterocycles. The summed E-state index contributed by atoms with van der Waals surface area (Å²) in [7, 11) is 0. The van der Waals surface area contributed by atoms with Gasteiger partial charge in [0.25, 0.3) is 5.91 Å². The highest BCUT2D eigenvalue weighted by Crippen LogP contribution is 2.00. The molecule has 0 spiro atoms. The molecule has 2 rings (SSSR count). The van der Waals surface area contributed by atoms with Crippen LogP contribution in [0.25, 0.3) is 0 Å². The van der Waals surface area contributed by atoms with Gasteiger partial charge in [0.1, 0.15) is 6.34 Å². The van der Waals surface area contributed by atoms with E-state index in [2.05, 4.69) is 20.3 Å². The van der Waals surface area contributed by atoms with E-state index in [-0.39, 0.29) is 11.6 Å². The molecule has 0 aromatic carbocycles. The van der Waals surface area contributed by atoms with E-state index in [1.807, 2.05) is 0 Å². The van der Waals surface area contributed by atoms with Crippen LogP contribution in [0.15, 0.2) is 15.0 Å². The minimum atomic E-state index is -0.688. The Morgan fingerprint density at radius 3 is 3.27 bits per heavy atom. The summed E-state index contributed by atoms with van der Waals surface area (Å²) in [5.74, 6) is 0.00116. The molecule has 0 saturated carbocycles. The molecule has 1 amide bonds. The molecule has 56 valence electrons. The van der Waals surface area contributed by atoms with Gasteiger partial charge in [-0.15, -0.1) is 0 Å². The fraction of sp³-hybridized carbons (Fsp3) is 0.200. The van der Waals surface area contributed by atoms with E-state index in [0.717, 1.165) is 0 Å². The number of nitrogens with zero attached hydrogens (tertiary/aromatic N) is 3. The van der Waals surface area contributed by atoms with Gasteiger partial charge in [-0.3, -0.25) is 10.5 Å². The molecule has 0 fully saturated rings. The molecule has 0 saturated heterocycles. The standard InChI is InChI=1S/C5H5N5O/c6-5-9-3-2(4(11)10-5)7-1-8-3/h1,5H,6H2,(H,10,11)/t5-/m1/s1. The van der Waals surface area contributed by atoms with Crippen molar-refractivity contribution in [1.29, 1.82) is 0 Å². The predicted octanol–water partition coefficient (Wildman–Crippen LogP) is -1.76. The van der Waals surface area contributed by atoms with Gasteiger partial charge in [-0.1, -0.05) is 0 Å². The highest BCUT2D eigenvalue weighted by Gasteiger charge is 2.26. The van der Waals surface area contributed by atoms with Gasteiger partial charge in [-0.05, 0) is 0 Å². The van der Waals surface area contributed by atoms with Crippen LogP contribution in [0.4, 0.5) is 0 Å². The van der Waals surface area contributed by atoms with Crippen molar-refractivity contribution in [2.24, 2.45) is 20.7 Å². The van der Waals surface area contributed by atoms with Crippen LogP contribution in [0, 0.1) is 0 Å². The van der Waals surface area contributed by atoms with Crippen LogP contribution in [0.3, 0.4) is 0 Å². The summed E-state index contributed by atoms with van der Waals surface area (Å²) >= 11 is 0. The van der Waals surface area contributed by atoms with E-state index in [9.17, 15) is 4.79 Å². The minimum absolute atomic E-state index is 0.242. The lowest BCUT2D eigenvalue weighted by Gasteiger charge is -2.14. The molecule has 0 aromatic rings. The molecular formula is C5H5N5O. The second-order valence-electron chi connectivity index (χ2n) is 2.09. The summed E-state index contributed by atoms with van der Waals surface area (Å²) in [4.78, 5) is 22.3. The number of aliphatic imine (C=N–C) groups is 3. The molecule has 2 aliphatic rings. The number of nitrogens with two attached hydrogens (primary N) is 1. The van der Waals surface area contributed by atoms with Crippen LogP contribution in [0.5, 0.6) is 0 Å². The van der Waals surface area contributed by atoms with Gasteiger partial charge >= 0.3 is 0 Å². The number of amidine groups is 1. The molecule has 3 N–H and O–H groups in total. The normalized spacial score (nSPS) is 27.4. The molecule has 6 heteroatoms. The summed E-state index contributed by atoms with van der Waals surface area (Å²) in [6.45, 7) is 0. The number of nitrogens with one attached hydrogen (secondary N) is 1. The molecular weight excluding hydrogens is 146 g/mol. The molecule has 1 atom stereocenters. The fourth-order valence-electron chi connectivity index (χ4n) is 0.882. The molecule has 6 nitrogen and oxygen atoms in total. The lowest BCUT2D eigenvalue weighted by molar-refractivity contribution is -0.115. The molecule has 0 radical (unpaired) electrons. The first kappa shape index (κ1) is 6.17. The lowest BCUT2D eigenvalue weighted by Crippen LogP contribution is -2.49. The van der Waals surface area contributed by atoms with Crippen molar-refractivity contribution in [2.45, 2.75) is 6.29 Å². The van der Waals surface area contributed by atoms with Crippen molar-refractivity contribution in [1.82, 2.24) is 5.32 Å². The van der Waals surface area contributed by atoms with Crippen LogP contribution >= 0.6 is 0 Å². The zero-order valence-corrected chi connectivity index (χ0v) is 5.48. The Labute approximate surface area is 61.9 Å². The topological polar surface area (TPSA) is 92.2 Å². The van der Waals surface area contributed by atoms with Crippen LogP contribution < -0.4 is 11.1 Å². The number of hydrogen-bond donors (Lipinski definition) is 2. The summed E-state index contributed by atoms with van der Waals surface area (Å²) in [5.41, 5.74) is 5.58. The number of amides is 1. The number of hydrogen-bond acceptors (Lipinski definition) is 5. The summed E-state index contributed by atoms with van der Waals surface area (Å²) < 4.78 is 0. The first-order chi connectivity index (χ1) is 5.27. The van der Waals surface area contributed by atoms with E-state index >= 15 is 0 Å². The number of carbonyl (C=O) groups excluding carboxylic acids is 1. The van der Waals surface area contributed by atoms with Gasteiger partial charge in [0.15, 0.2) is 17.8 Å². The van der Waals surface area contributed by atoms with Gasteiger partial charge in [-0.2, -0.15) is 0 Å². The van der Waals surface area contributed by atoms with Gasteiger partial charge in [0, 0.05) is 0 Å². The monoisotopic (exact) mass is 151 g/mol. The average molecular weight is 151 g/mol. The maximum atomic E-state index is 11.0. The van der Waals surface area contributed by atoms with Crippen molar-refractivity contribution in [3.05, 3.63) is 0 Å². The lowest BCUT2D eigenvalue weighted by atomic mass is 10.3. The molecule has 0 unspecified atom stereocenters.